The number of hydrogen-bond acceptors (Lipinski definition) is 8. The molecule has 1 fully saturated rings. The molecule has 1 amide bonds. The standard InChI is InChI=1S/C26H27N3O5S2/c1-15(2)34-11-5-10-28-23(31)19(13-27)17(4)22(25(28)33)20(30)14-29-24(32)21(36-26(29)35)12-18-8-6-16(3)7-9-18/h6-9,12,15,33H,5,10-11,14H2,1-4H3/b21-12-. The van der Waals surface area contributed by atoms with E-state index >= 15 is 0 Å². The number of ketones is 1. The van der Waals surface area contributed by atoms with Gasteiger partial charge in [-0.1, -0.05) is 53.8 Å². The molecule has 0 aliphatic carbocycles. The summed E-state index contributed by atoms with van der Waals surface area (Å²) in [5.41, 5.74) is 0.901. The lowest BCUT2D eigenvalue weighted by Gasteiger charge is -2.18. The zero-order valence-electron chi connectivity index (χ0n) is 20.5. The molecule has 0 bridgehead atoms. The van der Waals surface area contributed by atoms with E-state index in [1.165, 1.54) is 11.8 Å². The van der Waals surface area contributed by atoms with E-state index in [1.54, 1.807) is 6.08 Å². The molecule has 188 valence electrons. The van der Waals surface area contributed by atoms with Crippen molar-refractivity contribution in [2.24, 2.45) is 0 Å². The Balaban J connectivity index is 1.88. The van der Waals surface area contributed by atoms with E-state index in [0.717, 1.165) is 27.5 Å². The second kappa shape index (κ2) is 11.6. The lowest BCUT2D eigenvalue weighted by atomic mass is 10.0. The van der Waals surface area contributed by atoms with Crippen LogP contribution in [0.15, 0.2) is 34.0 Å². The van der Waals surface area contributed by atoms with Crippen LogP contribution in [0, 0.1) is 25.2 Å². The van der Waals surface area contributed by atoms with Crippen LogP contribution in [0.1, 0.15) is 52.9 Å². The van der Waals surface area contributed by atoms with Crippen LogP contribution in [-0.4, -0.2) is 49.8 Å². The van der Waals surface area contributed by atoms with Gasteiger partial charge in [-0.25, -0.2) is 0 Å². The van der Waals surface area contributed by atoms with Gasteiger partial charge in [0.25, 0.3) is 11.5 Å². The Labute approximate surface area is 219 Å². The van der Waals surface area contributed by atoms with Gasteiger partial charge in [-0.15, -0.1) is 0 Å². The molecular formula is C26H27N3O5S2. The van der Waals surface area contributed by atoms with Crippen LogP contribution in [0.4, 0.5) is 0 Å². The van der Waals surface area contributed by atoms with Crippen LogP contribution < -0.4 is 5.56 Å². The summed E-state index contributed by atoms with van der Waals surface area (Å²) in [4.78, 5) is 40.6. The van der Waals surface area contributed by atoms with Crippen molar-refractivity contribution in [1.29, 1.82) is 5.26 Å². The molecule has 3 rings (SSSR count). The Morgan fingerprint density at radius 3 is 2.53 bits per heavy atom. The first-order valence-corrected chi connectivity index (χ1v) is 12.6. The molecule has 1 aliphatic heterocycles. The number of thioether (sulfide) groups is 1. The van der Waals surface area contributed by atoms with E-state index in [2.05, 4.69) is 0 Å². The molecule has 1 aliphatic rings. The summed E-state index contributed by atoms with van der Waals surface area (Å²) in [7, 11) is 0. The molecule has 8 nitrogen and oxygen atoms in total. The molecular weight excluding hydrogens is 498 g/mol. The van der Waals surface area contributed by atoms with Gasteiger partial charge in [0.15, 0.2) is 5.78 Å². The fourth-order valence-corrected chi connectivity index (χ4v) is 4.96. The molecule has 10 heteroatoms. The highest BCUT2D eigenvalue weighted by atomic mass is 32.2. The van der Waals surface area contributed by atoms with Gasteiger partial charge >= 0.3 is 0 Å². The van der Waals surface area contributed by atoms with Gasteiger partial charge in [0.05, 0.1) is 23.1 Å². The maximum atomic E-state index is 13.3. The smallest absolute Gasteiger partial charge is 0.271 e. The normalized spacial score (nSPS) is 14.7. The third kappa shape index (κ3) is 5.93. The third-order valence-corrected chi connectivity index (χ3v) is 6.98. The molecule has 0 radical (unpaired) electrons. The Morgan fingerprint density at radius 2 is 1.92 bits per heavy atom. The van der Waals surface area contributed by atoms with Crippen LogP contribution in [-0.2, 0) is 16.1 Å². The fourth-order valence-electron chi connectivity index (χ4n) is 3.71. The van der Waals surface area contributed by atoms with E-state index in [-0.39, 0.29) is 33.7 Å². The van der Waals surface area contributed by atoms with Gasteiger partial charge in [0.2, 0.25) is 5.88 Å². The van der Waals surface area contributed by atoms with Gasteiger partial charge in [-0.05, 0) is 51.3 Å². The molecule has 1 aromatic heterocycles. The minimum atomic E-state index is -0.680. The number of hydrogen-bond donors (Lipinski definition) is 1. The van der Waals surface area contributed by atoms with Crippen LogP contribution in [0.2, 0.25) is 0 Å². The van der Waals surface area contributed by atoms with Crippen LogP contribution in [0.5, 0.6) is 5.88 Å². The van der Waals surface area contributed by atoms with E-state index in [0.29, 0.717) is 17.9 Å². The minimum absolute atomic E-state index is 0.00444. The van der Waals surface area contributed by atoms with Crippen molar-refractivity contribution >= 4 is 46.1 Å². The van der Waals surface area contributed by atoms with Crippen LogP contribution in [0.25, 0.3) is 6.08 Å². The Hall–Kier alpha value is -3.26. The average molecular weight is 526 g/mol. The molecule has 0 saturated carbocycles. The number of ether oxygens (including phenoxy) is 1. The number of nitrogens with zero attached hydrogens (tertiary/aromatic N) is 3. The van der Waals surface area contributed by atoms with E-state index < -0.39 is 29.7 Å². The van der Waals surface area contributed by atoms with Gasteiger partial charge in [0.1, 0.15) is 16.0 Å². The SMILES string of the molecule is Cc1ccc(/C=C2\SC(=S)N(CC(=O)c3c(C)c(C#N)c(=O)n(CCCOC(C)C)c3O)C2=O)cc1. The summed E-state index contributed by atoms with van der Waals surface area (Å²) in [6.45, 7) is 7.13. The number of pyridine rings is 1. The monoisotopic (exact) mass is 525 g/mol. The summed E-state index contributed by atoms with van der Waals surface area (Å²) in [6, 6.07) is 9.46. The number of benzene rings is 1. The molecule has 1 N–H and O–H groups in total. The number of rotatable bonds is 9. The predicted molar refractivity (Wildman–Crippen MR) is 143 cm³/mol. The molecule has 1 aromatic carbocycles. The van der Waals surface area contributed by atoms with E-state index in [4.69, 9.17) is 17.0 Å². The second-order valence-corrected chi connectivity index (χ2v) is 10.3. The molecule has 1 saturated heterocycles. The second-order valence-electron chi connectivity index (χ2n) is 8.64. The van der Waals surface area contributed by atoms with Crippen molar-refractivity contribution in [3.05, 3.63) is 67.3 Å². The molecule has 36 heavy (non-hydrogen) atoms. The summed E-state index contributed by atoms with van der Waals surface area (Å²) < 4.78 is 6.69. The fraction of sp³-hybridized carbons (Fsp3) is 0.346. The number of aromatic hydroxyl groups is 1. The predicted octanol–water partition coefficient (Wildman–Crippen LogP) is 3.94. The van der Waals surface area contributed by atoms with Crippen LogP contribution >= 0.6 is 24.0 Å². The lowest BCUT2D eigenvalue weighted by Crippen LogP contribution is -2.35. The highest BCUT2D eigenvalue weighted by Gasteiger charge is 2.35. The van der Waals surface area contributed by atoms with Crippen molar-refractivity contribution in [2.45, 2.75) is 46.8 Å². The molecule has 2 heterocycles. The van der Waals surface area contributed by atoms with E-state index in [1.807, 2.05) is 51.1 Å². The van der Waals surface area contributed by atoms with Gasteiger partial charge < -0.3 is 9.84 Å². The first-order valence-electron chi connectivity index (χ1n) is 11.4. The summed E-state index contributed by atoms with van der Waals surface area (Å²) in [6.07, 6.45) is 2.11. The topological polar surface area (TPSA) is 113 Å². The average Bonchev–Trinajstić information content (AvgIpc) is 3.07. The van der Waals surface area contributed by atoms with Gasteiger partial charge in [0, 0.05) is 13.2 Å². The number of amides is 1. The molecule has 0 spiro atoms. The number of nitriles is 1. The van der Waals surface area contributed by atoms with Crippen molar-refractivity contribution < 1.29 is 19.4 Å². The summed E-state index contributed by atoms with van der Waals surface area (Å²) >= 11 is 6.43. The maximum Gasteiger partial charge on any atom is 0.271 e. The van der Waals surface area contributed by atoms with Crippen molar-refractivity contribution in [1.82, 2.24) is 9.47 Å². The Kier molecular flexibility index (Phi) is 8.84. The maximum absolute atomic E-state index is 13.3. The summed E-state index contributed by atoms with van der Waals surface area (Å²) in [5.74, 6) is -1.58. The Bertz CT molecular complexity index is 1340. The van der Waals surface area contributed by atoms with Crippen molar-refractivity contribution in [2.75, 3.05) is 13.2 Å². The van der Waals surface area contributed by atoms with E-state index in [9.17, 15) is 24.8 Å². The highest BCUT2D eigenvalue weighted by Crippen LogP contribution is 2.33. The largest absolute Gasteiger partial charge is 0.494 e. The third-order valence-electron chi connectivity index (χ3n) is 5.61. The number of carbonyl (C=O) groups is 2. The zero-order valence-corrected chi connectivity index (χ0v) is 22.2. The highest BCUT2D eigenvalue weighted by molar-refractivity contribution is 8.26. The van der Waals surface area contributed by atoms with Crippen molar-refractivity contribution in [3.8, 4) is 11.9 Å². The van der Waals surface area contributed by atoms with Crippen LogP contribution in [0.3, 0.4) is 0 Å². The number of thiocarbonyl (C=S) groups is 1. The van der Waals surface area contributed by atoms with Gasteiger partial charge in [-0.3, -0.25) is 23.9 Å². The van der Waals surface area contributed by atoms with Gasteiger partial charge in [-0.2, -0.15) is 5.26 Å². The molecule has 0 unspecified atom stereocenters. The quantitative estimate of drug-likeness (QED) is 0.227. The Morgan fingerprint density at radius 1 is 1.25 bits per heavy atom. The number of carbonyl (C=O) groups excluding carboxylic acids is 2. The first kappa shape index (κ1) is 27.3. The molecule has 2 aromatic rings. The van der Waals surface area contributed by atoms with Crippen molar-refractivity contribution in [3.63, 3.8) is 0 Å². The zero-order chi connectivity index (χ0) is 26.6. The first-order chi connectivity index (χ1) is 17.0. The molecule has 0 atom stereocenters. The lowest BCUT2D eigenvalue weighted by molar-refractivity contribution is -0.121. The number of Topliss-reactive ketones (excluding diaryl/α,β-unsaturated/α-hetero) is 1. The number of aromatic nitrogens is 1. The number of aryl methyl sites for hydroxylation is 1. The summed E-state index contributed by atoms with van der Waals surface area (Å²) in [5, 5.41) is 20.4. The minimum Gasteiger partial charge on any atom is -0.494 e.